The van der Waals surface area contributed by atoms with Gasteiger partial charge in [-0.25, -0.2) is 19.4 Å². The van der Waals surface area contributed by atoms with E-state index in [2.05, 4.69) is 20.1 Å². The number of rotatable bonds is 6. The second-order valence-electron chi connectivity index (χ2n) is 5.26. The van der Waals surface area contributed by atoms with Crippen molar-refractivity contribution in [2.75, 3.05) is 20.3 Å². The summed E-state index contributed by atoms with van der Waals surface area (Å²) in [6, 6.07) is 1.82. The quantitative estimate of drug-likeness (QED) is 0.489. The van der Waals surface area contributed by atoms with Gasteiger partial charge in [0.25, 0.3) is 11.4 Å². The number of hydrogen-bond donors (Lipinski definition) is 1. The van der Waals surface area contributed by atoms with Gasteiger partial charge >= 0.3 is 5.97 Å². The van der Waals surface area contributed by atoms with Crippen LogP contribution in [0.4, 0.5) is 0 Å². The van der Waals surface area contributed by atoms with Crippen LogP contribution in [0.2, 0.25) is 0 Å². The largest absolute Gasteiger partial charge is 0.459 e. The van der Waals surface area contributed by atoms with Crippen LogP contribution >= 0.6 is 11.3 Å². The number of carbonyl (C=O) groups is 1. The Hall–Kier alpha value is -3.10. The van der Waals surface area contributed by atoms with Gasteiger partial charge in [0.1, 0.15) is 41.1 Å². The number of methoxy groups -OCH3 is 1. The minimum atomic E-state index is -0.515. The third-order valence-electron chi connectivity index (χ3n) is 3.50. The molecule has 3 heterocycles. The van der Waals surface area contributed by atoms with E-state index in [1.807, 2.05) is 6.07 Å². The van der Waals surface area contributed by atoms with E-state index in [0.717, 1.165) is 11.3 Å². The molecule has 134 valence electrons. The van der Waals surface area contributed by atoms with Crippen LogP contribution in [0.1, 0.15) is 26.9 Å². The molecule has 3 rings (SSSR count). The Labute approximate surface area is 151 Å². The molecule has 0 spiro atoms. The van der Waals surface area contributed by atoms with Gasteiger partial charge < -0.3 is 14.5 Å². The zero-order valence-electron chi connectivity index (χ0n) is 14.0. The van der Waals surface area contributed by atoms with Gasteiger partial charge in [-0.3, -0.25) is 4.79 Å². The predicted molar refractivity (Wildman–Crippen MR) is 91.0 cm³/mol. The lowest BCUT2D eigenvalue weighted by Crippen LogP contribution is -2.14. The lowest BCUT2D eigenvalue weighted by Gasteiger charge is -2.02. The van der Waals surface area contributed by atoms with E-state index in [0.29, 0.717) is 33.1 Å². The number of fused-ring (bicyclic) bond motifs is 1. The number of nitrogens with zero attached hydrogens (tertiary/aromatic N) is 5. The molecule has 26 heavy (non-hydrogen) atoms. The number of nitrogens with one attached hydrogen (secondary N) is 1. The van der Waals surface area contributed by atoms with E-state index in [9.17, 15) is 9.59 Å². The van der Waals surface area contributed by atoms with Crippen molar-refractivity contribution < 1.29 is 14.3 Å². The number of aromatic amines is 1. The Kier molecular flexibility index (Phi) is 5.06. The summed E-state index contributed by atoms with van der Waals surface area (Å²) in [6.07, 6.45) is 1.38. The zero-order valence-corrected chi connectivity index (χ0v) is 14.8. The molecular formula is C15H14N6O4S. The first kappa shape index (κ1) is 17.7. The predicted octanol–water partition coefficient (Wildman–Crippen LogP) is 0.608. The summed E-state index contributed by atoms with van der Waals surface area (Å²) in [5, 5.41) is 13.0. The van der Waals surface area contributed by atoms with Crippen molar-refractivity contribution >= 4 is 27.5 Å². The van der Waals surface area contributed by atoms with Crippen LogP contribution in [0, 0.1) is 18.3 Å². The molecule has 1 N–H and O–H groups in total. The van der Waals surface area contributed by atoms with Gasteiger partial charge in [0, 0.05) is 7.11 Å². The minimum absolute atomic E-state index is 0.0292. The van der Waals surface area contributed by atoms with Crippen molar-refractivity contribution in [3.05, 3.63) is 38.8 Å². The first-order valence-corrected chi connectivity index (χ1v) is 8.33. The van der Waals surface area contributed by atoms with Gasteiger partial charge in [0.15, 0.2) is 0 Å². The molecule has 0 aliphatic heterocycles. The Morgan fingerprint density at radius 2 is 2.27 bits per heavy atom. The average Bonchev–Trinajstić information content (AvgIpc) is 3.19. The van der Waals surface area contributed by atoms with Crippen molar-refractivity contribution in [1.29, 1.82) is 5.26 Å². The fourth-order valence-corrected chi connectivity index (χ4v) is 3.41. The van der Waals surface area contributed by atoms with Crippen LogP contribution in [-0.2, 0) is 16.0 Å². The molecule has 0 radical (unpaired) electrons. The maximum absolute atomic E-state index is 12.4. The van der Waals surface area contributed by atoms with Gasteiger partial charge in [-0.1, -0.05) is 0 Å². The van der Waals surface area contributed by atoms with Crippen LogP contribution in [-0.4, -0.2) is 51.0 Å². The van der Waals surface area contributed by atoms with Crippen LogP contribution in [0.25, 0.3) is 10.2 Å². The SMILES string of the molecule is COCCOC(=O)c1sc2nc(Cn3cnc(C#N)n3)[nH]c(=O)c2c1C. The summed E-state index contributed by atoms with van der Waals surface area (Å²) in [4.78, 5) is 36.2. The molecule has 0 aliphatic carbocycles. The van der Waals surface area contributed by atoms with E-state index < -0.39 is 5.97 Å². The first-order valence-electron chi connectivity index (χ1n) is 7.51. The second kappa shape index (κ2) is 7.42. The average molecular weight is 374 g/mol. The molecule has 0 unspecified atom stereocenters. The molecule has 11 heteroatoms. The lowest BCUT2D eigenvalue weighted by atomic mass is 10.2. The fraction of sp³-hybridized carbons (Fsp3) is 0.333. The monoisotopic (exact) mass is 374 g/mol. The lowest BCUT2D eigenvalue weighted by molar-refractivity contribution is 0.0393. The van der Waals surface area contributed by atoms with Gasteiger partial charge in [0.05, 0.1) is 12.0 Å². The van der Waals surface area contributed by atoms with Gasteiger partial charge in [-0.2, -0.15) is 5.26 Å². The number of ether oxygens (including phenoxy) is 2. The summed E-state index contributed by atoms with van der Waals surface area (Å²) in [5.74, 6) is -0.141. The van der Waals surface area contributed by atoms with Gasteiger partial charge in [0.2, 0.25) is 0 Å². The van der Waals surface area contributed by atoms with Crippen LogP contribution in [0.15, 0.2) is 11.1 Å². The van der Waals surface area contributed by atoms with Crippen molar-refractivity contribution in [2.45, 2.75) is 13.5 Å². The molecular weight excluding hydrogens is 360 g/mol. The number of H-pyrrole nitrogens is 1. The van der Waals surface area contributed by atoms with E-state index in [1.165, 1.54) is 18.1 Å². The van der Waals surface area contributed by atoms with Crippen molar-refractivity contribution in [3.8, 4) is 6.07 Å². The highest BCUT2D eigenvalue weighted by Gasteiger charge is 2.20. The molecule has 0 amide bonds. The van der Waals surface area contributed by atoms with Crippen LogP contribution in [0.3, 0.4) is 0 Å². The molecule has 0 aliphatic rings. The molecule has 0 atom stereocenters. The van der Waals surface area contributed by atoms with Gasteiger partial charge in [-0.15, -0.1) is 16.4 Å². The molecule has 0 saturated heterocycles. The van der Waals surface area contributed by atoms with Crippen molar-refractivity contribution in [3.63, 3.8) is 0 Å². The maximum atomic E-state index is 12.4. The number of carbonyl (C=O) groups excluding carboxylic acids is 1. The summed E-state index contributed by atoms with van der Waals surface area (Å²) >= 11 is 1.09. The Balaban J connectivity index is 1.92. The third-order valence-corrected chi connectivity index (χ3v) is 4.67. The van der Waals surface area contributed by atoms with E-state index in [1.54, 1.807) is 6.92 Å². The highest BCUT2D eigenvalue weighted by molar-refractivity contribution is 7.20. The number of nitriles is 1. The van der Waals surface area contributed by atoms with Crippen LogP contribution in [0.5, 0.6) is 0 Å². The number of thiophene rings is 1. The smallest absolute Gasteiger partial charge is 0.348 e. The summed E-state index contributed by atoms with van der Waals surface area (Å²) in [5.41, 5.74) is 0.176. The number of esters is 1. The third kappa shape index (κ3) is 3.46. The fourth-order valence-electron chi connectivity index (χ4n) is 2.32. The van der Waals surface area contributed by atoms with Crippen molar-refractivity contribution in [2.24, 2.45) is 0 Å². The topological polar surface area (TPSA) is 136 Å². The highest BCUT2D eigenvalue weighted by atomic mass is 32.1. The molecule has 0 fully saturated rings. The Morgan fingerprint density at radius 3 is 2.96 bits per heavy atom. The van der Waals surface area contributed by atoms with Crippen LogP contribution < -0.4 is 5.56 Å². The van der Waals surface area contributed by atoms with E-state index in [4.69, 9.17) is 14.7 Å². The van der Waals surface area contributed by atoms with Gasteiger partial charge in [-0.05, 0) is 12.5 Å². The maximum Gasteiger partial charge on any atom is 0.348 e. The molecule has 3 aromatic rings. The molecule has 0 saturated carbocycles. The number of aromatic nitrogens is 5. The summed E-state index contributed by atoms with van der Waals surface area (Å²) < 4.78 is 11.3. The summed E-state index contributed by atoms with van der Waals surface area (Å²) in [6.45, 7) is 2.25. The second-order valence-corrected chi connectivity index (χ2v) is 6.25. The standard InChI is InChI=1S/C15H14N6O4S/c1-8-11-13(22)18-10(6-21-7-17-9(5-16)20-21)19-14(11)26-12(8)15(23)25-4-3-24-2/h7H,3-4,6H2,1-2H3,(H,18,19,22). The zero-order chi connectivity index (χ0) is 18.7. The van der Waals surface area contributed by atoms with E-state index in [-0.39, 0.29) is 24.5 Å². The minimum Gasteiger partial charge on any atom is -0.459 e. The first-order chi connectivity index (χ1) is 12.5. The Bertz CT molecular complexity index is 1060. The molecule has 0 bridgehead atoms. The highest BCUT2D eigenvalue weighted by Crippen LogP contribution is 2.27. The normalized spacial score (nSPS) is 10.8. The van der Waals surface area contributed by atoms with E-state index >= 15 is 0 Å². The van der Waals surface area contributed by atoms with Crippen molar-refractivity contribution in [1.82, 2.24) is 24.7 Å². The number of aryl methyl sites for hydroxylation is 1. The summed E-state index contributed by atoms with van der Waals surface area (Å²) in [7, 11) is 1.51. The number of hydrogen-bond acceptors (Lipinski definition) is 9. The Morgan fingerprint density at radius 1 is 1.46 bits per heavy atom. The molecule has 0 aromatic carbocycles. The molecule has 3 aromatic heterocycles. The molecule has 10 nitrogen and oxygen atoms in total.